The van der Waals surface area contributed by atoms with Gasteiger partial charge in [0.15, 0.2) is 0 Å². The Morgan fingerprint density at radius 1 is 1.24 bits per heavy atom. The van der Waals surface area contributed by atoms with Gasteiger partial charge in [0.2, 0.25) is 0 Å². The molecule has 0 amide bonds. The van der Waals surface area contributed by atoms with Crippen molar-refractivity contribution in [2.75, 3.05) is 0 Å². The second-order valence-corrected chi connectivity index (χ2v) is 7.22. The van der Waals surface area contributed by atoms with E-state index in [1.807, 2.05) is 18.7 Å². The summed E-state index contributed by atoms with van der Waals surface area (Å²) in [5, 5.41) is 3.89. The number of nitrogens with one attached hydrogen (secondary N) is 1. The van der Waals surface area contributed by atoms with Gasteiger partial charge in [0, 0.05) is 31.0 Å². The van der Waals surface area contributed by atoms with E-state index < -0.39 is 0 Å². The van der Waals surface area contributed by atoms with Crippen LogP contribution in [0.3, 0.4) is 0 Å². The molecule has 3 rings (SSSR count). The predicted molar refractivity (Wildman–Crippen MR) is 86.2 cm³/mol. The smallest absolute Gasteiger partial charge is 0.0946 e. The van der Waals surface area contributed by atoms with E-state index in [9.17, 15) is 0 Å². The van der Waals surface area contributed by atoms with Crippen LogP contribution < -0.4 is 5.32 Å². The Labute approximate surface area is 127 Å². The molecule has 3 nitrogen and oxygen atoms in total. The molecular formula is C18H25N3. The highest BCUT2D eigenvalue weighted by molar-refractivity contribution is 5.33. The van der Waals surface area contributed by atoms with Crippen LogP contribution in [0.5, 0.6) is 0 Å². The molecule has 0 saturated heterocycles. The number of hydrogen-bond donors (Lipinski definition) is 1. The Morgan fingerprint density at radius 3 is 2.43 bits per heavy atom. The monoisotopic (exact) mass is 283 g/mol. The van der Waals surface area contributed by atoms with Gasteiger partial charge < -0.3 is 9.88 Å². The van der Waals surface area contributed by atoms with E-state index in [1.54, 1.807) is 0 Å². The van der Waals surface area contributed by atoms with E-state index in [1.165, 1.54) is 11.1 Å². The van der Waals surface area contributed by atoms with Crippen LogP contribution in [-0.4, -0.2) is 21.6 Å². The Balaban J connectivity index is 1.69. The van der Waals surface area contributed by atoms with Crippen LogP contribution in [0.4, 0.5) is 0 Å². The van der Waals surface area contributed by atoms with Gasteiger partial charge in [0.1, 0.15) is 0 Å². The molecule has 1 aromatic heterocycles. The minimum absolute atomic E-state index is 0.221. The van der Waals surface area contributed by atoms with E-state index in [2.05, 4.69) is 59.9 Å². The van der Waals surface area contributed by atoms with Gasteiger partial charge in [-0.05, 0) is 29.4 Å². The summed E-state index contributed by atoms with van der Waals surface area (Å²) in [6, 6.07) is 9.81. The lowest BCUT2D eigenvalue weighted by atomic mass is 9.86. The van der Waals surface area contributed by atoms with E-state index in [0.29, 0.717) is 12.1 Å². The van der Waals surface area contributed by atoms with Gasteiger partial charge in [0.25, 0.3) is 0 Å². The fourth-order valence-electron chi connectivity index (χ4n) is 3.14. The van der Waals surface area contributed by atoms with E-state index in [-0.39, 0.29) is 5.41 Å². The van der Waals surface area contributed by atoms with Crippen LogP contribution in [-0.2, 0) is 19.4 Å². The van der Waals surface area contributed by atoms with Gasteiger partial charge in [-0.15, -0.1) is 0 Å². The predicted octanol–water partition coefficient (Wildman–Crippen LogP) is 3.05. The summed E-state index contributed by atoms with van der Waals surface area (Å²) in [6.07, 6.45) is 8.10. The zero-order chi connectivity index (χ0) is 14.9. The Bertz CT molecular complexity index is 556. The molecule has 0 fully saturated rings. The third-order valence-electron chi connectivity index (χ3n) is 4.49. The Hall–Kier alpha value is -1.61. The fourth-order valence-corrected chi connectivity index (χ4v) is 3.14. The van der Waals surface area contributed by atoms with Crippen molar-refractivity contribution < 1.29 is 0 Å². The topological polar surface area (TPSA) is 29.9 Å². The van der Waals surface area contributed by atoms with Crippen molar-refractivity contribution in [3.05, 3.63) is 54.1 Å². The normalized spacial score (nSPS) is 16.9. The van der Waals surface area contributed by atoms with Crippen molar-refractivity contribution in [2.45, 2.75) is 52.2 Å². The average molecular weight is 283 g/mol. The second kappa shape index (κ2) is 5.64. The number of aromatic nitrogens is 2. The molecule has 0 spiro atoms. The summed E-state index contributed by atoms with van der Waals surface area (Å²) in [5.41, 5.74) is 3.23. The first kappa shape index (κ1) is 14.3. The highest BCUT2D eigenvalue weighted by Crippen LogP contribution is 2.26. The van der Waals surface area contributed by atoms with Gasteiger partial charge in [-0.2, -0.15) is 0 Å². The standard InChI is InChI=1S/C18H25N3/c1-18(2,3)17(12-21-9-8-19-13-21)20-16-10-14-6-4-5-7-15(14)11-16/h4-9,13,16-17,20H,10-12H2,1-3H3. The first-order valence-corrected chi connectivity index (χ1v) is 7.81. The maximum atomic E-state index is 4.16. The van der Waals surface area contributed by atoms with Gasteiger partial charge in [-0.3, -0.25) is 0 Å². The van der Waals surface area contributed by atoms with Crippen LogP contribution in [0.2, 0.25) is 0 Å². The van der Waals surface area contributed by atoms with Crippen molar-refractivity contribution in [2.24, 2.45) is 5.41 Å². The molecule has 1 aliphatic carbocycles. The molecule has 1 atom stereocenters. The largest absolute Gasteiger partial charge is 0.336 e. The lowest BCUT2D eigenvalue weighted by Gasteiger charge is -2.34. The highest BCUT2D eigenvalue weighted by atomic mass is 15.1. The Kier molecular flexibility index (Phi) is 3.85. The van der Waals surface area contributed by atoms with Gasteiger partial charge in [0.05, 0.1) is 6.33 Å². The van der Waals surface area contributed by atoms with Crippen LogP contribution >= 0.6 is 0 Å². The van der Waals surface area contributed by atoms with E-state index in [4.69, 9.17) is 0 Å². The van der Waals surface area contributed by atoms with Crippen molar-refractivity contribution in [1.29, 1.82) is 0 Å². The van der Waals surface area contributed by atoms with Crippen LogP contribution in [0.1, 0.15) is 31.9 Å². The average Bonchev–Trinajstić information content (AvgIpc) is 3.04. The van der Waals surface area contributed by atoms with E-state index >= 15 is 0 Å². The lowest BCUT2D eigenvalue weighted by molar-refractivity contribution is 0.222. The van der Waals surface area contributed by atoms with Crippen LogP contribution in [0, 0.1) is 5.41 Å². The Morgan fingerprint density at radius 2 is 1.90 bits per heavy atom. The van der Waals surface area contributed by atoms with Crippen LogP contribution in [0.15, 0.2) is 43.0 Å². The summed E-state index contributed by atoms with van der Waals surface area (Å²) in [4.78, 5) is 4.16. The number of benzene rings is 1. The zero-order valence-electron chi connectivity index (χ0n) is 13.2. The first-order valence-electron chi connectivity index (χ1n) is 7.81. The van der Waals surface area contributed by atoms with Crippen molar-refractivity contribution >= 4 is 0 Å². The molecular weight excluding hydrogens is 258 g/mol. The molecule has 1 heterocycles. The molecule has 3 heteroatoms. The summed E-state index contributed by atoms with van der Waals surface area (Å²) >= 11 is 0. The molecule has 1 aliphatic rings. The minimum atomic E-state index is 0.221. The fraction of sp³-hybridized carbons (Fsp3) is 0.500. The number of nitrogens with zero attached hydrogens (tertiary/aromatic N) is 2. The summed E-state index contributed by atoms with van der Waals surface area (Å²) in [7, 11) is 0. The van der Waals surface area contributed by atoms with Gasteiger partial charge in [-0.1, -0.05) is 45.0 Å². The second-order valence-electron chi connectivity index (χ2n) is 7.22. The lowest BCUT2D eigenvalue weighted by Crippen LogP contribution is -2.48. The zero-order valence-corrected chi connectivity index (χ0v) is 13.2. The molecule has 0 bridgehead atoms. The third-order valence-corrected chi connectivity index (χ3v) is 4.49. The maximum Gasteiger partial charge on any atom is 0.0946 e. The highest BCUT2D eigenvalue weighted by Gasteiger charge is 2.29. The third kappa shape index (κ3) is 3.35. The molecule has 21 heavy (non-hydrogen) atoms. The summed E-state index contributed by atoms with van der Waals surface area (Å²) < 4.78 is 2.17. The van der Waals surface area contributed by atoms with Crippen molar-refractivity contribution in [3.8, 4) is 0 Å². The quantitative estimate of drug-likeness (QED) is 0.934. The first-order chi connectivity index (χ1) is 10.0. The molecule has 1 aromatic carbocycles. The maximum absolute atomic E-state index is 4.16. The van der Waals surface area contributed by atoms with Crippen molar-refractivity contribution in [1.82, 2.24) is 14.9 Å². The summed E-state index contributed by atoms with van der Waals surface area (Å²) in [6.45, 7) is 7.90. The van der Waals surface area contributed by atoms with Crippen LogP contribution in [0.25, 0.3) is 0 Å². The molecule has 112 valence electrons. The van der Waals surface area contributed by atoms with Gasteiger partial charge >= 0.3 is 0 Å². The van der Waals surface area contributed by atoms with Crippen molar-refractivity contribution in [3.63, 3.8) is 0 Å². The SMILES string of the molecule is CC(C)(C)C(Cn1ccnc1)NC1Cc2ccccc2C1. The molecule has 1 N–H and O–H groups in total. The minimum Gasteiger partial charge on any atom is -0.336 e. The number of imidazole rings is 1. The van der Waals surface area contributed by atoms with Gasteiger partial charge in [-0.25, -0.2) is 4.98 Å². The number of hydrogen-bond acceptors (Lipinski definition) is 2. The molecule has 0 radical (unpaired) electrons. The molecule has 0 saturated carbocycles. The number of rotatable bonds is 4. The van der Waals surface area contributed by atoms with E-state index in [0.717, 1.165) is 19.4 Å². The molecule has 2 aromatic rings. The molecule has 0 aliphatic heterocycles. The summed E-state index contributed by atoms with van der Waals surface area (Å²) in [5.74, 6) is 0. The molecule has 1 unspecified atom stereocenters. The number of fused-ring (bicyclic) bond motifs is 1.